The normalized spacial score (nSPS) is 11.1. The summed E-state index contributed by atoms with van der Waals surface area (Å²) in [4.78, 5) is 0. The van der Waals surface area contributed by atoms with Gasteiger partial charge in [-0.3, -0.25) is 0 Å². The predicted octanol–water partition coefficient (Wildman–Crippen LogP) is -1.01. The zero-order chi connectivity index (χ0) is 6.95. The number of ether oxygens (including phenoxy) is 1. The van der Waals surface area contributed by atoms with Crippen LogP contribution in [0.4, 0.5) is 0 Å². The fourth-order valence-corrected chi connectivity index (χ4v) is 1.95. The van der Waals surface area contributed by atoms with E-state index in [0.717, 1.165) is 23.1 Å². The van der Waals surface area contributed by atoms with Crippen molar-refractivity contribution in [2.75, 3.05) is 13.2 Å². The van der Waals surface area contributed by atoms with Crippen molar-refractivity contribution in [3.63, 3.8) is 0 Å². The molecule has 0 rings (SSSR count). The molecule has 9 heavy (non-hydrogen) atoms. The van der Waals surface area contributed by atoms with Crippen LogP contribution in [0.25, 0.3) is 0 Å². The van der Waals surface area contributed by atoms with Crippen LogP contribution >= 0.6 is 0 Å². The summed E-state index contributed by atoms with van der Waals surface area (Å²) in [7, 11) is 0.690. The zero-order valence-corrected chi connectivity index (χ0v) is 9.34. The average molecular weight is 162 g/mol. The summed E-state index contributed by atoms with van der Waals surface area (Å²) >= 11 is 0. The molecule has 0 unspecified atom stereocenters. The van der Waals surface area contributed by atoms with Gasteiger partial charge >= 0.3 is 0 Å². The molecule has 0 aromatic rings. The highest BCUT2D eigenvalue weighted by Crippen LogP contribution is 1.81. The highest BCUT2D eigenvalue weighted by atomic mass is 28.3. The minimum absolute atomic E-state index is 0.204. The number of hydrogen-bond donors (Lipinski definition) is 0. The molecule has 0 amide bonds. The third-order valence-corrected chi connectivity index (χ3v) is 3.08. The Kier molecular flexibility index (Phi) is 8.18. The summed E-state index contributed by atoms with van der Waals surface area (Å²) < 4.78 is 10.2. The highest BCUT2D eigenvalue weighted by molar-refractivity contribution is 6.34. The van der Waals surface area contributed by atoms with E-state index in [1.807, 2.05) is 0 Å². The van der Waals surface area contributed by atoms with Gasteiger partial charge in [0, 0.05) is 6.61 Å². The zero-order valence-electron chi connectivity index (χ0n) is 5.93. The Morgan fingerprint density at radius 3 is 3.00 bits per heavy atom. The lowest BCUT2D eigenvalue weighted by Crippen LogP contribution is -2.00. The first kappa shape index (κ1) is 9.09. The smallest absolute Gasteiger partial charge is 0.147 e. The summed E-state index contributed by atoms with van der Waals surface area (Å²) in [5, 5.41) is 0. The molecule has 2 nitrogen and oxygen atoms in total. The Morgan fingerprint density at radius 1 is 1.67 bits per heavy atom. The van der Waals surface area contributed by atoms with E-state index < -0.39 is 0 Å². The fourth-order valence-electron chi connectivity index (χ4n) is 0.472. The van der Waals surface area contributed by atoms with Gasteiger partial charge < -0.3 is 8.85 Å². The quantitative estimate of drug-likeness (QED) is 0.283. The van der Waals surface area contributed by atoms with E-state index in [4.69, 9.17) is 8.85 Å². The van der Waals surface area contributed by atoms with Gasteiger partial charge in [-0.1, -0.05) is 6.08 Å². The van der Waals surface area contributed by atoms with Crippen molar-refractivity contribution < 1.29 is 8.85 Å². The van der Waals surface area contributed by atoms with Crippen LogP contribution in [0.5, 0.6) is 0 Å². The maximum Gasteiger partial charge on any atom is 0.147 e. The first-order chi connectivity index (χ1) is 4.41. The van der Waals surface area contributed by atoms with E-state index >= 15 is 0 Å². The maximum absolute atomic E-state index is 5.14. The van der Waals surface area contributed by atoms with E-state index in [-0.39, 0.29) is 9.76 Å². The third kappa shape index (κ3) is 8.09. The molecule has 0 radical (unpaired) electrons. The van der Waals surface area contributed by atoms with Crippen LogP contribution in [0.15, 0.2) is 12.7 Å². The van der Waals surface area contributed by atoms with Gasteiger partial charge in [-0.2, -0.15) is 0 Å². The van der Waals surface area contributed by atoms with Crippen molar-refractivity contribution in [3.8, 4) is 0 Å². The molecule has 0 saturated heterocycles. The lowest BCUT2D eigenvalue weighted by Gasteiger charge is -1.98. The van der Waals surface area contributed by atoms with Crippen LogP contribution in [0.2, 0.25) is 6.04 Å². The maximum atomic E-state index is 5.14. The van der Waals surface area contributed by atoms with Gasteiger partial charge in [-0.15, -0.1) is 6.58 Å². The van der Waals surface area contributed by atoms with Gasteiger partial charge in [0.2, 0.25) is 0 Å². The summed E-state index contributed by atoms with van der Waals surface area (Å²) in [6, 6.07) is 1.14. The second-order valence-corrected chi connectivity index (χ2v) is 5.13. The van der Waals surface area contributed by atoms with Crippen LogP contribution in [0.1, 0.15) is 0 Å². The molecule has 54 valence electrons. The second-order valence-electron chi connectivity index (χ2n) is 1.71. The average Bonchev–Trinajstić information content (AvgIpc) is 1.89. The van der Waals surface area contributed by atoms with E-state index in [2.05, 4.69) is 6.58 Å². The Balaban J connectivity index is 2.66. The van der Waals surface area contributed by atoms with E-state index in [1.54, 1.807) is 6.08 Å². The van der Waals surface area contributed by atoms with Crippen LogP contribution in [-0.4, -0.2) is 33.5 Å². The summed E-state index contributed by atoms with van der Waals surface area (Å²) in [6.07, 6.45) is 1.77. The van der Waals surface area contributed by atoms with Crippen LogP contribution < -0.4 is 0 Å². The standard InChI is InChI=1S/C5H14O2Si2/c1-2-3-6-4-5-9-7-8/h2H,1,3-5,9H2,8H3. The molecule has 0 aromatic heterocycles. The fraction of sp³-hybridized carbons (Fsp3) is 0.600. The second kappa shape index (κ2) is 8.09. The monoisotopic (exact) mass is 162 g/mol. The Bertz CT molecular complexity index is 68.0. The van der Waals surface area contributed by atoms with E-state index in [0.29, 0.717) is 6.61 Å². The number of hydrogen-bond acceptors (Lipinski definition) is 2. The molecule has 0 spiro atoms. The van der Waals surface area contributed by atoms with E-state index in [9.17, 15) is 0 Å². The van der Waals surface area contributed by atoms with Crippen molar-refractivity contribution in [2.24, 2.45) is 0 Å². The Morgan fingerprint density at radius 2 is 2.44 bits per heavy atom. The molecule has 0 aliphatic heterocycles. The van der Waals surface area contributed by atoms with Crippen molar-refractivity contribution >= 4 is 20.2 Å². The third-order valence-electron chi connectivity index (χ3n) is 0.873. The van der Waals surface area contributed by atoms with Gasteiger partial charge in [-0.05, 0) is 6.04 Å². The van der Waals surface area contributed by atoms with Crippen LogP contribution in [0.3, 0.4) is 0 Å². The topological polar surface area (TPSA) is 18.5 Å². The van der Waals surface area contributed by atoms with Gasteiger partial charge in [0.1, 0.15) is 20.2 Å². The minimum atomic E-state index is -0.204. The summed E-state index contributed by atoms with van der Waals surface area (Å²) in [5.74, 6) is 0. The van der Waals surface area contributed by atoms with Crippen LogP contribution in [-0.2, 0) is 8.85 Å². The first-order valence-corrected chi connectivity index (χ1v) is 5.48. The predicted molar refractivity (Wildman–Crippen MR) is 45.4 cm³/mol. The van der Waals surface area contributed by atoms with Crippen molar-refractivity contribution in [2.45, 2.75) is 6.04 Å². The molecule has 0 aliphatic rings. The summed E-state index contributed by atoms with van der Waals surface area (Å²) in [6.45, 7) is 5.06. The molecular formula is C5H14O2Si2. The van der Waals surface area contributed by atoms with Gasteiger partial charge in [0.25, 0.3) is 0 Å². The van der Waals surface area contributed by atoms with Gasteiger partial charge in [0.05, 0.1) is 6.61 Å². The SMILES string of the molecule is C=CCOCC[SiH2]O[SiH3]. The van der Waals surface area contributed by atoms with Crippen molar-refractivity contribution in [1.82, 2.24) is 0 Å². The minimum Gasteiger partial charge on any atom is -0.468 e. The van der Waals surface area contributed by atoms with Crippen LogP contribution in [0, 0.1) is 0 Å². The van der Waals surface area contributed by atoms with Crippen molar-refractivity contribution in [1.29, 1.82) is 0 Å². The molecule has 4 heteroatoms. The van der Waals surface area contributed by atoms with Gasteiger partial charge in [0.15, 0.2) is 0 Å². The lowest BCUT2D eigenvalue weighted by molar-refractivity contribution is 0.176. The summed E-state index contributed by atoms with van der Waals surface area (Å²) in [5.41, 5.74) is 0. The van der Waals surface area contributed by atoms with Crippen molar-refractivity contribution in [3.05, 3.63) is 12.7 Å². The Hall–Kier alpha value is 0.0938. The van der Waals surface area contributed by atoms with E-state index in [1.165, 1.54) is 0 Å². The van der Waals surface area contributed by atoms with Gasteiger partial charge in [-0.25, -0.2) is 0 Å². The molecule has 0 heterocycles. The Labute approximate surface area is 61.7 Å². The molecule has 0 aromatic carbocycles. The highest BCUT2D eigenvalue weighted by Gasteiger charge is 1.84. The largest absolute Gasteiger partial charge is 0.468 e. The lowest BCUT2D eigenvalue weighted by atomic mass is 10.7. The molecule has 0 N–H and O–H groups in total. The number of rotatable bonds is 6. The molecule has 0 atom stereocenters. The first-order valence-electron chi connectivity index (χ1n) is 3.09. The molecule has 0 fully saturated rings. The molecular weight excluding hydrogens is 148 g/mol. The molecule has 0 saturated carbocycles. The molecule has 0 bridgehead atoms. The molecule has 0 aliphatic carbocycles.